The van der Waals surface area contributed by atoms with E-state index in [1.165, 1.54) is 24.5 Å². The van der Waals surface area contributed by atoms with Crippen LogP contribution in [0.5, 0.6) is 0 Å². The first-order chi connectivity index (χ1) is 9.04. The lowest BCUT2D eigenvalue weighted by Gasteiger charge is -2.10. The fourth-order valence-corrected chi connectivity index (χ4v) is 2.72. The van der Waals surface area contributed by atoms with Gasteiger partial charge in [-0.15, -0.1) is 0 Å². The molecule has 0 aromatic carbocycles. The number of hydrogen-bond donors (Lipinski definition) is 1. The number of hydrogen-bond acceptors (Lipinski definition) is 5. The minimum atomic E-state index is -3.84. The highest BCUT2D eigenvalue weighted by Crippen LogP contribution is 2.19. The zero-order valence-corrected chi connectivity index (χ0v) is 10.8. The van der Waals surface area contributed by atoms with Crippen LogP contribution < -0.4 is 4.72 Å². The number of aryl methyl sites for hydroxylation is 1. The Kier molecular flexibility index (Phi) is 3.44. The van der Waals surface area contributed by atoms with Gasteiger partial charge >= 0.3 is 0 Å². The van der Waals surface area contributed by atoms with Crippen molar-refractivity contribution in [3.8, 4) is 6.07 Å². The monoisotopic (exact) mass is 274 g/mol. The molecule has 7 heteroatoms. The lowest BCUT2D eigenvalue weighted by Crippen LogP contribution is -2.15. The largest absolute Gasteiger partial charge is 0.279 e. The van der Waals surface area contributed by atoms with E-state index in [0.29, 0.717) is 11.3 Å². The summed E-state index contributed by atoms with van der Waals surface area (Å²) in [6.07, 6.45) is 4.40. The van der Waals surface area contributed by atoms with E-state index in [2.05, 4.69) is 14.7 Å². The van der Waals surface area contributed by atoms with Gasteiger partial charge in [-0.2, -0.15) is 5.26 Å². The van der Waals surface area contributed by atoms with E-state index < -0.39 is 10.0 Å². The van der Waals surface area contributed by atoms with Crippen LogP contribution in [-0.4, -0.2) is 18.4 Å². The third kappa shape index (κ3) is 2.69. The Labute approximate surface area is 110 Å². The van der Waals surface area contributed by atoms with Gasteiger partial charge in [0.25, 0.3) is 10.0 Å². The predicted octanol–water partition coefficient (Wildman–Crippen LogP) is 1.46. The molecular formula is C12H10N4O2S. The first kappa shape index (κ1) is 13.0. The van der Waals surface area contributed by atoms with Crippen molar-refractivity contribution in [2.75, 3.05) is 4.72 Å². The number of aromatic nitrogens is 2. The Morgan fingerprint density at radius 2 is 2.11 bits per heavy atom. The van der Waals surface area contributed by atoms with E-state index in [4.69, 9.17) is 5.26 Å². The van der Waals surface area contributed by atoms with Gasteiger partial charge in [-0.25, -0.2) is 13.4 Å². The highest BCUT2D eigenvalue weighted by atomic mass is 32.2. The molecule has 0 saturated carbocycles. The van der Waals surface area contributed by atoms with Crippen LogP contribution >= 0.6 is 0 Å². The van der Waals surface area contributed by atoms with Crippen LogP contribution in [0.3, 0.4) is 0 Å². The average Bonchev–Trinajstić information content (AvgIpc) is 2.41. The number of rotatable bonds is 3. The molecule has 2 aromatic heterocycles. The number of anilines is 1. The van der Waals surface area contributed by atoms with E-state index in [9.17, 15) is 8.42 Å². The van der Waals surface area contributed by atoms with Crippen molar-refractivity contribution in [2.45, 2.75) is 11.8 Å². The summed E-state index contributed by atoms with van der Waals surface area (Å²) in [6.45, 7) is 1.74. The molecule has 0 aliphatic heterocycles. The van der Waals surface area contributed by atoms with E-state index >= 15 is 0 Å². The van der Waals surface area contributed by atoms with Gasteiger partial charge in [0.2, 0.25) is 0 Å². The maximum atomic E-state index is 12.2. The number of pyridine rings is 2. The van der Waals surface area contributed by atoms with Gasteiger partial charge in [0.15, 0.2) is 5.69 Å². The Morgan fingerprint density at radius 3 is 2.79 bits per heavy atom. The van der Waals surface area contributed by atoms with E-state index in [1.54, 1.807) is 25.3 Å². The van der Waals surface area contributed by atoms with Gasteiger partial charge in [-0.1, -0.05) is 0 Å². The molecular weight excluding hydrogens is 264 g/mol. The summed E-state index contributed by atoms with van der Waals surface area (Å²) in [6, 6.07) is 6.12. The Bertz CT molecular complexity index is 750. The van der Waals surface area contributed by atoms with Gasteiger partial charge in [0, 0.05) is 18.6 Å². The third-order valence-electron chi connectivity index (χ3n) is 2.43. The molecule has 96 valence electrons. The fraction of sp³-hybridized carbons (Fsp3) is 0.0833. The van der Waals surface area contributed by atoms with Crippen molar-refractivity contribution in [3.05, 3.63) is 48.0 Å². The van der Waals surface area contributed by atoms with E-state index in [1.807, 2.05) is 0 Å². The SMILES string of the molecule is Cc1cnccc1NS(=O)(=O)c1cccnc1C#N. The molecule has 0 bridgehead atoms. The van der Waals surface area contributed by atoms with Crippen molar-refractivity contribution in [1.29, 1.82) is 5.26 Å². The highest BCUT2D eigenvalue weighted by molar-refractivity contribution is 7.92. The van der Waals surface area contributed by atoms with Crippen molar-refractivity contribution >= 4 is 15.7 Å². The van der Waals surface area contributed by atoms with Crippen molar-refractivity contribution in [2.24, 2.45) is 0 Å². The summed E-state index contributed by atoms with van der Waals surface area (Å²) >= 11 is 0. The number of nitrogens with one attached hydrogen (secondary N) is 1. The minimum Gasteiger partial charge on any atom is -0.279 e. The summed E-state index contributed by atoms with van der Waals surface area (Å²) < 4.78 is 26.8. The number of sulfonamides is 1. The zero-order valence-electron chi connectivity index (χ0n) is 10.0. The molecule has 6 nitrogen and oxygen atoms in total. The van der Waals surface area contributed by atoms with Crippen LogP contribution in [0.25, 0.3) is 0 Å². The second kappa shape index (κ2) is 5.04. The van der Waals surface area contributed by atoms with Crippen LogP contribution in [0.1, 0.15) is 11.3 Å². The van der Waals surface area contributed by atoms with Gasteiger partial charge < -0.3 is 0 Å². The van der Waals surface area contributed by atoms with Gasteiger partial charge in [-0.3, -0.25) is 9.71 Å². The summed E-state index contributed by atoms with van der Waals surface area (Å²) in [4.78, 5) is 7.47. The molecule has 19 heavy (non-hydrogen) atoms. The molecule has 2 heterocycles. The molecule has 2 aromatic rings. The van der Waals surface area contributed by atoms with Crippen LogP contribution in [0, 0.1) is 18.3 Å². The summed E-state index contributed by atoms with van der Waals surface area (Å²) in [7, 11) is -3.84. The molecule has 0 amide bonds. The maximum Gasteiger partial charge on any atom is 0.264 e. The first-order valence-electron chi connectivity index (χ1n) is 5.33. The zero-order chi connectivity index (χ0) is 13.9. The van der Waals surface area contributed by atoms with E-state index in [-0.39, 0.29) is 10.6 Å². The molecule has 0 saturated heterocycles. The third-order valence-corrected chi connectivity index (χ3v) is 3.83. The van der Waals surface area contributed by atoms with Gasteiger partial charge in [0.05, 0.1) is 5.69 Å². The Balaban J connectivity index is 2.45. The Morgan fingerprint density at radius 1 is 1.32 bits per heavy atom. The van der Waals surface area contributed by atoms with Gasteiger partial charge in [-0.05, 0) is 30.7 Å². The average molecular weight is 274 g/mol. The Hall–Kier alpha value is -2.46. The van der Waals surface area contributed by atoms with Gasteiger partial charge in [0.1, 0.15) is 11.0 Å². The van der Waals surface area contributed by atoms with Crippen LogP contribution in [0.15, 0.2) is 41.7 Å². The molecule has 0 unspecified atom stereocenters. The number of nitrogens with zero attached hydrogens (tertiary/aromatic N) is 3. The molecule has 2 rings (SSSR count). The second-order valence-corrected chi connectivity index (χ2v) is 5.41. The molecule has 0 fully saturated rings. The molecule has 0 spiro atoms. The van der Waals surface area contributed by atoms with Crippen molar-refractivity contribution in [3.63, 3.8) is 0 Å². The van der Waals surface area contributed by atoms with E-state index in [0.717, 1.165) is 0 Å². The fourth-order valence-electron chi connectivity index (χ4n) is 1.48. The number of nitriles is 1. The normalized spacial score (nSPS) is 10.7. The van der Waals surface area contributed by atoms with Crippen molar-refractivity contribution in [1.82, 2.24) is 9.97 Å². The van der Waals surface area contributed by atoms with Crippen LogP contribution in [0.2, 0.25) is 0 Å². The van der Waals surface area contributed by atoms with Crippen molar-refractivity contribution < 1.29 is 8.42 Å². The lowest BCUT2D eigenvalue weighted by molar-refractivity contribution is 0.600. The molecule has 1 N–H and O–H groups in total. The van der Waals surface area contributed by atoms with Crippen LogP contribution in [-0.2, 0) is 10.0 Å². The molecule has 0 radical (unpaired) electrons. The summed E-state index contributed by atoms with van der Waals surface area (Å²) in [5.74, 6) is 0. The minimum absolute atomic E-state index is 0.137. The quantitative estimate of drug-likeness (QED) is 0.914. The maximum absolute atomic E-state index is 12.2. The molecule has 0 aliphatic rings. The first-order valence-corrected chi connectivity index (χ1v) is 6.81. The smallest absolute Gasteiger partial charge is 0.264 e. The topological polar surface area (TPSA) is 95.7 Å². The predicted molar refractivity (Wildman–Crippen MR) is 68.7 cm³/mol. The molecule has 0 aliphatic carbocycles. The molecule has 0 atom stereocenters. The second-order valence-electron chi connectivity index (χ2n) is 3.76. The highest BCUT2D eigenvalue weighted by Gasteiger charge is 2.19. The summed E-state index contributed by atoms with van der Waals surface area (Å²) in [5.41, 5.74) is 0.970. The summed E-state index contributed by atoms with van der Waals surface area (Å²) in [5, 5.41) is 8.89. The van der Waals surface area contributed by atoms with Crippen LogP contribution in [0.4, 0.5) is 5.69 Å². The standard InChI is InChI=1S/C12H10N4O2S/c1-9-8-14-6-4-10(9)16-19(17,18)12-3-2-5-15-11(12)7-13/h2-6,8H,1H3,(H,14,16). The lowest BCUT2D eigenvalue weighted by atomic mass is 10.3.